The van der Waals surface area contributed by atoms with Crippen molar-refractivity contribution in [2.24, 2.45) is 4.99 Å². The second kappa shape index (κ2) is 6.42. The Bertz CT molecular complexity index is 439. The Labute approximate surface area is 124 Å². The number of guanidine groups is 1. The second-order valence-electron chi connectivity index (χ2n) is 5.27. The molecule has 3 nitrogen and oxygen atoms in total. The Kier molecular flexibility index (Phi) is 4.86. The highest BCUT2D eigenvalue weighted by Crippen LogP contribution is 2.40. The fourth-order valence-electron chi connectivity index (χ4n) is 2.17. The van der Waals surface area contributed by atoms with Gasteiger partial charge in [0.1, 0.15) is 0 Å². The van der Waals surface area contributed by atoms with Crippen LogP contribution < -0.4 is 10.6 Å². The van der Waals surface area contributed by atoms with E-state index in [9.17, 15) is 0 Å². The Morgan fingerprint density at radius 3 is 2.63 bits per heavy atom. The molecule has 0 saturated heterocycles. The molecule has 0 amide bonds. The molecule has 1 fully saturated rings. The molecule has 19 heavy (non-hydrogen) atoms. The Morgan fingerprint density at radius 2 is 2.05 bits per heavy atom. The standard InChI is InChI=1S/C15H22BrN3/c1-4-17-15(18-10(2)3)19-14-9-13(14)11-5-7-12(16)8-6-11/h5-8,10,13-14H,4,9H2,1-3H3,(H2,17,18,19). The van der Waals surface area contributed by atoms with Gasteiger partial charge in [-0.2, -0.15) is 0 Å². The lowest BCUT2D eigenvalue weighted by atomic mass is 10.1. The molecule has 0 heterocycles. The summed E-state index contributed by atoms with van der Waals surface area (Å²) in [6.07, 6.45) is 1.18. The number of halogens is 1. The van der Waals surface area contributed by atoms with Crippen LogP contribution >= 0.6 is 15.9 Å². The van der Waals surface area contributed by atoms with Gasteiger partial charge < -0.3 is 10.6 Å². The van der Waals surface area contributed by atoms with Crippen LogP contribution in [-0.4, -0.2) is 24.6 Å². The third-order valence-electron chi connectivity index (χ3n) is 3.15. The highest BCUT2D eigenvalue weighted by Gasteiger charge is 2.38. The van der Waals surface area contributed by atoms with E-state index < -0.39 is 0 Å². The van der Waals surface area contributed by atoms with Gasteiger partial charge in [-0.15, -0.1) is 0 Å². The zero-order valence-electron chi connectivity index (χ0n) is 11.8. The maximum atomic E-state index is 4.47. The molecule has 2 atom stereocenters. The average Bonchev–Trinajstić information content (AvgIpc) is 3.09. The lowest BCUT2D eigenvalue weighted by molar-refractivity contribution is 0.692. The van der Waals surface area contributed by atoms with Crippen molar-refractivity contribution in [1.29, 1.82) is 0 Å². The minimum Gasteiger partial charge on any atom is -0.354 e. The van der Waals surface area contributed by atoms with E-state index in [-0.39, 0.29) is 0 Å². The van der Waals surface area contributed by atoms with Crippen molar-refractivity contribution >= 4 is 21.9 Å². The van der Waals surface area contributed by atoms with E-state index in [4.69, 9.17) is 0 Å². The van der Waals surface area contributed by atoms with E-state index in [0.29, 0.717) is 18.0 Å². The van der Waals surface area contributed by atoms with Crippen LogP contribution in [0.15, 0.2) is 33.7 Å². The van der Waals surface area contributed by atoms with Crippen LogP contribution in [0.2, 0.25) is 0 Å². The van der Waals surface area contributed by atoms with Crippen molar-refractivity contribution in [3.63, 3.8) is 0 Å². The van der Waals surface area contributed by atoms with Crippen molar-refractivity contribution in [1.82, 2.24) is 10.6 Å². The van der Waals surface area contributed by atoms with Crippen molar-refractivity contribution in [3.05, 3.63) is 34.3 Å². The van der Waals surface area contributed by atoms with Crippen molar-refractivity contribution in [2.75, 3.05) is 6.54 Å². The largest absolute Gasteiger partial charge is 0.354 e. The summed E-state index contributed by atoms with van der Waals surface area (Å²) in [6.45, 7) is 7.12. The number of hydrogen-bond donors (Lipinski definition) is 2. The van der Waals surface area contributed by atoms with E-state index in [1.165, 1.54) is 12.0 Å². The summed E-state index contributed by atoms with van der Waals surface area (Å²) in [5.41, 5.74) is 1.40. The summed E-state index contributed by atoms with van der Waals surface area (Å²) >= 11 is 3.47. The molecule has 2 unspecified atom stereocenters. The fourth-order valence-corrected chi connectivity index (χ4v) is 2.44. The predicted octanol–water partition coefficient (Wildman–Crippen LogP) is 3.27. The third kappa shape index (κ3) is 4.23. The van der Waals surface area contributed by atoms with E-state index >= 15 is 0 Å². The molecule has 0 radical (unpaired) electrons. The molecule has 0 bridgehead atoms. The summed E-state index contributed by atoms with van der Waals surface area (Å²) in [4.78, 5) is 4.47. The molecule has 104 valence electrons. The number of hydrogen-bond acceptors (Lipinski definition) is 1. The molecule has 2 N–H and O–H groups in total. The molecule has 1 aromatic carbocycles. The maximum Gasteiger partial charge on any atom is 0.191 e. The molecule has 4 heteroatoms. The number of aliphatic imine (C=N–C) groups is 1. The monoisotopic (exact) mass is 323 g/mol. The van der Waals surface area contributed by atoms with Crippen LogP contribution in [0.5, 0.6) is 0 Å². The molecule has 1 aliphatic carbocycles. The first kappa shape index (κ1) is 14.4. The lowest BCUT2D eigenvalue weighted by Crippen LogP contribution is -2.42. The van der Waals surface area contributed by atoms with Crippen LogP contribution in [0.3, 0.4) is 0 Å². The van der Waals surface area contributed by atoms with Crippen LogP contribution in [0.4, 0.5) is 0 Å². The van der Waals surface area contributed by atoms with Crippen molar-refractivity contribution in [3.8, 4) is 0 Å². The first-order chi connectivity index (χ1) is 9.10. The van der Waals surface area contributed by atoms with Gasteiger partial charge in [-0.25, -0.2) is 0 Å². The Hall–Kier alpha value is -1.03. The van der Waals surface area contributed by atoms with Crippen molar-refractivity contribution in [2.45, 2.75) is 45.2 Å². The predicted molar refractivity (Wildman–Crippen MR) is 84.7 cm³/mol. The van der Waals surface area contributed by atoms with Gasteiger partial charge in [0.05, 0.1) is 0 Å². The highest BCUT2D eigenvalue weighted by atomic mass is 79.9. The van der Waals surface area contributed by atoms with Gasteiger partial charge >= 0.3 is 0 Å². The first-order valence-electron chi connectivity index (χ1n) is 6.93. The normalized spacial score (nSPS) is 22.5. The minimum atomic E-state index is 0.405. The molecular weight excluding hydrogens is 302 g/mol. The average molecular weight is 324 g/mol. The minimum absolute atomic E-state index is 0.405. The summed E-state index contributed by atoms with van der Waals surface area (Å²) in [5.74, 6) is 1.55. The molecule has 0 spiro atoms. The quantitative estimate of drug-likeness (QED) is 0.659. The van der Waals surface area contributed by atoms with Crippen LogP contribution in [0.1, 0.15) is 38.7 Å². The SMILES string of the molecule is CCN=C(NC(C)C)NC1CC1c1ccc(Br)cc1. The molecule has 1 aromatic rings. The highest BCUT2D eigenvalue weighted by molar-refractivity contribution is 9.10. The Morgan fingerprint density at radius 1 is 1.37 bits per heavy atom. The number of rotatable bonds is 4. The number of nitrogens with zero attached hydrogens (tertiary/aromatic N) is 1. The van der Waals surface area contributed by atoms with Crippen molar-refractivity contribution < 1.29 is 0 Å². The zero-order chi connectivity index (χ0) is 13.8. The van der Waals surface area contributed by atoms with Crippen LogP contribution in [-0.2, 0) is 0 Å². The van der Waals surface area contributed by atoms with E-state index in [1.807, 2.05) is 0 Å². The maximum absolute atomic E-state index is 4.47. The van der Waals surface area contributed by atoms with E-state index in [2.05, 4.69) is 76.6 Å². The third-order valence-corrected chi connectivity index (χ3v) is 3.68. The summed E-state index contributed by atoms with van der Waals surface area (Å²) < 4.78 is 1.14. The van der Waals surface area contributed by atoms with Gasteiger partial charge in [0, 0.05) is 29.0 Å². The smallest absolute Gasteiger partial charge is 0.191 e. The van der Waals surface area contributed by atoms with Gasteiger partial charge in [-0.3, -0.25) is 4.99 Å². The fraction of sp³-hybridized carbons (Fsp3) is 0.533. The zero-order valence-corrected chi connectivity index (χ0v) is 13.4. The topological polar surface area (TPSA) is 36.4 Å². The van der Waals surface area contributed by atoms with E-state index in [0.717, 1.165) is 17.0 Å². The molecule has 0 aromatic heterocycles. The van der Waals surface area contributed by atoms with Crippen LogP contribution in [0.25, 0.3) is 0 Å². The summed E-state index contributed by atoms with van der Waals surface area (Å²) in [7, 11) is 0. The van der Waals surface area contributed by atoms with Gasteiger partial charge in [0.2, 0.25) is 0 Å². The van der Waals surface area contributed by atoms with Gasteiger partial charge in [-0.05, 0) is 44.9 Å². The Balaban J connectivity index is 1.91. The van der Waals surface area contributed by atoms with Gasteiger partial charge in [0.25, 0.3) is 0 Å². The van der Waals surface area contributed by atoms with E-state index in [1.54, 1.807) is 0 Å². The molecule has 1 aliphatic rings. The summed E-state index contributed by atoms with van der Waals surface area (Å²) in [5, 5.41) is 6.88. The van der Waals surface area contributed by atoms with Gasteiger partial charge in [0.15, 0.2) is 5.96 Å². The van der Waals surface area contributed by atoms with Crippen LogP contribution in [0, 0.1) is 0 Å². The van der Waals surface area contributed by atoms with Gasteiger partial charge in [-0.1, -0.05) is 28.1 Å². The molecule has 2 rings (SSSR count). The molecule has 0 aliphatic heterocycles. The molecule has 1 saturated carbocycles. The summed E-state index contributed by atoms with van der Waals surface area (Å²) in [6, 6.07) is 9.53. The number of nitrogens with one attached hydrogen (secondary N) is 2. The number of benzene rings is 1. The molecular formula is C15H22BrN3. The second-order valence-corrected chi connectivity index (χ2v) is 6.18. The first-order valence-corrected chi connectivity index (χ1v) is 7.72. The lowest BCUT2D eigenvalue weighted by Gasteiger charge is -2.15.